The predicted octanol–water partition coefficient (Wildman–Crippen LogP) is 3.51. The average molecular weight is 313 g/mol. The molecule has 0 aliphatic rings. The van der Waals surface area contributed by atoms with Gasteiger partial charge in [-0.1, -0.05) is 48.5 Å². The second-order valence-corrected chi connectivity index (χ2v) is 5.61. The van der Waals surface area contributed by atoms with E-state index in [0.29, 0.717) is 6.54 Å². The van der Waals surface area contributed by atoms with Crippen molar-refractivity contribution in [3.8, 4) is 11.3 Å². The number of pyridine rings is 1. The first kappa shape index (κ1) is 14.3. The van der Waals surface area contributed by atoms with Gasteiger partial charge in [-0.05, 0) is 23.8 Å². The number of hydrogen-bond donors (Lipinski definition) is 0. The fraction of sp³-hybridized carbons (Fsp3) is 0.0500. The molecule has 0 radical (unpaired) electrons. The third-order valence-electron chi connectivity index (χ3n) is 3.94. The number of benzene rings is 2. The van der Waals surface area contributed by atoms with E-state index >= 15 is 0 Å². The molecule has 0 fully saturated rings. The summed E-state index contributed by atoms with van der Waals surface area (Å²) < 4.78 is 1.49. The maximum absolute atomic E-state index is 12.1. The zero-order chi connectivity index (χ0) is 16.4. The average Bonchev–Trinajstić information content (AvgIpc) is 2.64. The second kappa shape index (κ2) is 6.08. The SMILES string of the molecule is O=c1ccc(-c2ccc3cccnc3c2)nn1Cc1ccccc1. The topological polar surface area (TPSA) is 47.8 Å². The molecule has 0 amide bonds. The Kier molecular flexibility index (Phi) is 3.63. The molecular weight excluding hydrogens is 298 g/mol. The Bertz CT molecular complexity index is 1050. The van der Waals surface area contributed by atoms with E-state index in [1.165, 1.54) is 4.68 Å². The fourth-order valence-corrected chi connectivity index (χ4v) is 2.70. The number of rotatable bonds is 3. The summed E-state index contributed by atoms with van der Waals surface area (Å²) in [6.07, 6.45) is 1.77. The Balaban J connectivity index is 1.75. The van der Waals surface area contributed by atoms with E-state index in [4.69, 9.17) is 0 Å². The van der Waals surface area contributed by atoms with Gasteiger partial charge in [-0.2, -0.15) is 5.10 Å². The van der Waals surface area contributed by atoms with Gasteiger partial charge in [0.15, 0.2) is 0 Å². The molecule has 4 aromatic rings. The predicted molar refractivity (Wildman–Crippen MR) is 94.8 cm³/mol. The van der Waals surface area contributed by atoms with Gasteiger partial charge in [-0.15, -0.1) is 0 Å². The summed E-state index contributed by atoms with van der Waals surface area (Å²) >= 11 is 0. The van der Waals surface area contributed by atoms with Crippen molar-refractivity contribution >= 4 is 10.9 Å². The molecule has 0 aliphatic carbocycles. The molecule has 2 heterocycles. The monoisotopic (exact) mass is 313 g/mol. The van der Waals surface area contributed by atoms with Gasteiger partial charge in [-0.3, -0.25) is 9.78 Å². The van der Waals surface area contributed by atoms with Crippen LogP contribution in [0.25, 0.3) is 22.2 Å². The largest absolute Gasteiger partial charge is 0.268 e. The lowest BCUT2D eigenvalue weighted by molar-refractivity contribution is 0.643. The first-order valence-corrected chi connectivity index (χ1v) is 7.77. The van der Waals surface area contributed by atoms with E-state index in [1.54, 1.807) is 18.3 Å². The van der Waals surface area contributed by atoms with Crippen molar-refractivity contribution in [1.29, 1.82) is 0 Å². The van der Waals surface area contributed by atoms with Gasteiger partial charge >= 0.3 is 0 Å². The molecule has 0 aliphatic heterocycles. The van der Waals surface area contributed by atoms with Crippen LogP contribution >= 0.6 is 0 Å². The van der Waals surface area contributed by atoms with Gasteiger partial charge in [0.2, 0.25) is 0 Å². The van der Waals surface area contributed by atoms with Crippen molar-refractivity contribution in [1.82, 2.24) is 14.8 Å². The molecule has 4 nitrogen and oxygen atoms in total. The summed E-state index contributed by atoms with van der Waals surface area (Å²) in [6.45, 7) is 0.458. The molecule has 24 heavy (non-hydrogen) atoms. The highest BCUT2D eigenvalue weighted by atomic mass is 16.1. The van der Waals surface area contributed by atoms with E-state index < -0.39 is 0 Å². The number of nitrogens with zero attached hydrogens (tertiary/aromatic N) is 3. The Hall–Kier alpha value is -3.27. The minimum absolute atomic E-state index is 0.110. The molecule has 0 saturated heterocycles. The molecule has 0 bridgehead atoms. The van der Waals surface area contributed by atoms with Gasteiger partial charge < -0.3 is 0 Å². The van der Waals surface area contributed by atoms with Gasteiger partial charge in [-0.25, -0.2) is 4.68 Å². The van der Waals surface area contributed by atoms with Crippen LogP contribution in [0.1, 0.15) is 5.56 Å². The highest BCUT2D eigenvalue weighted by molar-refractivity contribution is 5.83. The van der Waals surface area contributed by atoms with Crippen LogP contribution in [0.5, 0.6) is 0 Å². The van der Waals surface area contributed by atoms with Crippen LogP contribution in [0.15, 0.2) is 83.8 Å². The second-order valence-electron chi connectivity index (χ2n) is 5.61. The molecule has 0 unspecified atom stereocenters. The lowest BCUT2D eigenvalue weighted by Crippen LogP contribution is -2.22. The summed E-state index contributed by atoms with van der Waals surface area (Å²) in [5.74, 6) is 0. The minimum atomic E-state index is -0.110. The van der Waals surface area contributed by atoms with E-state index in [1.807, 2.05) is 60.7 Å². The van der Waals surface area contributed by atoms with Gasteiger partial charge in [0, 0.05) is 23.2 Å². The molecule has 0 saturated carbocycles. The summed E-state index contributed by atoms with van der Waals surface area (Å²) in [5, 5.41) is 5.60. The normalized spacial score (nSPS) is 10.8. The van der Waals surface area contributed by atoms with Crippen molar-refractivity contribution in [2.45, 2.75) is 6.54 Å². The molecule has 116 valence electrons. The standard InChI is InChI=1S/C20H15N3O/c24-20-11-10-18(22-23(20)14-15-5-2-1-3-6-15)17-9-8-16-7-4-12-21-19(16)13-17/h1-13H,14H2. The summed E-state index contributed by atoms with van der Waals surface area (Å²) in [6, 6.07) is 23.1. The summed E-state index contributed by atoms with van der Waals surface area (Å²) in [7, 11) is 0. The van der Waals surface area contributed by atoms with Crippen molar-refractivity contribution in [2.24, 2.45) is 0 Å². The van der Waals surface area contributed by atoms with Crippen molar-refractivity contribution < 1.29 is 0 Å². The van der Waals surface area contributed by atoms with Crippen molar-refractivity contribution in [2.75, 3.05) is 0 Å². The van der Waals surface area contributed by atoms with Gasteiger partial charge in [0.05, 0.1) is 17.8 Å². The molecule has 2 aromatic heterocycles. The third kappa shape index (κ3) is 2.82. The van der Waals surface area contributed by atoms with Crippen LogP contribution in [-0.4, -0.2) is 14.8 Å². The molecular formula is C20H15N3O. The van der Waals surface area contributed by atoms with Crippen molar-refractivity contribution in [3.63, 3.8) is 0 Å². The zero-order valence-electron chi connectivity index (χ0n) is 13.0. The molecule has 0 atom stereocenters. The van der Waals surface area contributed by atoms with Crippen LogP contribution in [0.3, 0.4) is 0 Å². The number of fused-ring (bicyclic) bond motifs is 1. The lowest BCUT2D eigenvalue weighted by atomic mass is 10.1. The van der Waals surface area contributed by atoms with E-state index in [9.17, 15) is 4.79 Å². The maximum Gasteiger partial charge on any atom is 0.267 e. The van der Waals surface area contributed by atoms with Crippen LogP contribution < -0.4 is 5.56 Å². The fourth-order valence-electron chi connectivity index (χ4n) is 2.70. The Morgan fingerprint density at radius 2 is 1.75 bits per heavy atom. The zero-order valence-corrected chi connectivity index (χ0v) is 13.0. The lowest BCUT2D eigenvalue weighted by Gasteiger charge is -2.08. The van der Waals surface area contributed by atoms with E-state index in [0.717, 1.165) is 27.7 Å². The number of hydrogen-bond acceptors (Lipinski definition) is 3. The molecule has 0 spiro atoms. The van der Waals surface area contributed by atoms with E-state index in [2.05, 4.69) is 10.1 Å². The Morgan fingerprint density at radius 3 is 2.62 bits per heavy atom. The summed E-state index contributed by atoms with van der Waals surface area (Å²) in [4.78, 5) is 16.5. The first-order valence-electron chi connectivity index (χ1n) is 7.77. The maximum atomic E-state index is 12.1. The van der Waals surface area contributed by atoms with Crippen LogP contribution in [0, 0.1) is 0 Å². The van der Waals surface area contributed by atoms with Crippen LogP contribution in [-0.2, 0) is 6.54 Å². The minimum Gasteiger partial charge on any atom is -0.268 e. The van der Waals surface area contributed by atoms with E-state index in [-0.39, 0.29) is 5.56 Å². The van der Waals surface area contributed by atoms with Crippen molar-refractivity contribution in [3.05, 3.63) is 94.9 Å². The molecule has 4 rings (SSSR count). The van der Waals surface area contributed by atoms with Gasteiger partial charge in [0.1, 0.15) is 0 Å². The Labute approximate surface area is 139 Å². The summed E-state index contributed by atoms with van der Waals surface area (Å²) in [5.41, 5.74) is 3.56. The van der Waals surface area contributed by atoms with Crippen LogP contribution in [0.2, 0.25) is 0 Å². The first-order chi connectivity index (χ1) is 11.8. The van der Waals surface area contributed by atoms with Crippen LogP contribution in [0.4, 0.5) is 0 Å². The molecule has 0 N–H and O–H groups in total. The third-order valence-corrected chi connectivity index (χ3v) is 3.94. The molecule has 2 aromatic carbocycles. The smallest absolute Gasteiger partial charge is 0.267 e. The highest BCUT2D eigenvalue weighted by Gasteiger charge is 2.05. The van der Waals surface area contributed by atoms with Gasteiger partial charge in [0.25, 0.3) is 5.56 Å². The quantitative estimate of drug-likeness (QED) is 0.581. The Morgan fingerprint density at radius 1 is 0.875 bits per heavy atom. The highest BCUT2D eigenvalue weighted by Crippen LogP contribution is 2.21. The number of aromatic nitrogens is 3. The molecule has 4 heteroatoms.